The van der Waals surface area contributed by atoms with Gasteiger partial charge in [-0.25, -0.2) is 4.79 Å². The second-order valence-electron chi connectivity index (χ2n) is 2.63. The van der Waals surface area contributed by atoms with Crippen LogP contribution in [0.5, 0.6) is 5.75 Å². The van der Waals surface area contributed by atoms with E-state index in [1.807, 2.05) is 28.7 Å². The van der Waals surface area contributed by atoms with Crippen LogP contribution < -0.4 is 4.74 Å². The van der Waals surface area contributed by atoms with Crippen molar-refractivity contribution in [1.29, 1.82) is 5.26 Å². The van der Waals surface area contributed by atoms with Gasteiger partial charge in [0.25, 0.3) is 0 Å². The summed E-state index contributed by atoms with van der Waals surface area (Å²) in [5.74, 6) is -0.159. The number of nitriles is 1. The van der Waals surface area contributed by atoms with Gasteiger partial charge in [0.15, 0.2) is 0 Å². The average molecular weight is 317 g/mol. The van der Waals surface area contributed by atoms with Crippen LogP contribution in [0.2, 0.25) is 0 Å². The molecule has 0 amide bonds. The first kappa shape index (κ1) is 11.8. The third-order valence-corrected chi connectivity index (χ3v) is 2.43. The Balaban J connectivity index is 3.43. The van der Waals surface area contributed by atoms with E-state index in [2.05, 4.69) is 4.74 Å². The van der Waals surface area contributed by atoms with Gasteiger partial charge in [-0.15, -0.1) is 0 Å². The van der Waals surface area contributed by atoms with Gasteiger partial charge in [-0.2, -0.15) is 5.26 Å². The Bertz CT molecular complexity index is 437. The second kappa shape index (κ2) is 4.98. The molecule has 78 valence electrons. The zero-order valence-electron chi connectivity index (χ0n) is 8.20. The van der Waals surface area contributed by atoms with Crippen molar-refractivity contribution in [3.63, 3.8) is 0 Å². The second-order valence-corrected chi connectivity index (χ2v) is 3.88. The largest absolute Gasteiger partial charge is 0.495 e. The Hall–Kier alpha value is -1.29. The standard InChI is InChI=1S/C10H8INO3/c1-14-9-4-6(11)3-7(8(9)5-12)10(13)15-2/h3-4H,1-2H3. The Morgan fingerprint density at radius 2 is 2.13 bits per heavy atom. The maximum atomic E-state index is 11.4. The molecule has 0 unspecified atom stereocenters. The van der Waals surface area contributed by atoms with Crippen molar-refractivity contribution >= 4 is 28.6 Å². The number of hydrogen-bond donors (Lipinski definition) is 0. The molecule has 0 N–H and O–H groups in total. The number of methoxy groups -OCH3 is 2. The number of benzene rings is 1. The minimum atomic E-state index is -0.539. The third-order valence-electron chi connectivity index (χ3n) is 1.80. The molecule has 1 aromatic rings. The van der Waals surface area contributed by atoms with Gasteiger partial charge in [0.1, 0.15) is 17.4 Å². The predicted molar refractivity (Wildman–Crippen MR) is 61.8 cm³/mol. The van der Waals surface area contributed by atoms with Crippen molar-refractivity contribution < 1.29 is 14.3 Å². The maximum absolute atomic E-state index is 11.4. The Morgan fingerprint density at radius 1 is 1.47 bits per heavy atom. The summed E-state index contributed by atoms with van der Waals surface area (Å²) in [5.41, 5.74) is 0.425. The number of esters is 1. The minimum absolute atomic E-state index is 0.199. The molecule has 0 aliphatic rings. The molecule has 1 aromatic carbocycles. The normalized spacial score (nSPS) is 9.20. The Morgan fingerprint density at radius 3 is 2.60 bits per heavy atom. The minimum Gasteiger partial charge on any atom is -0.495 e. The fraction of sp³-hybridized carbons (Fsp3) is 0.200. The molecule has 4 nitrogen and oxygen atoms in total. The van der Waals surface area contributed by atoms with Gasteiger partial charge in [-0.3, -0.25) is 0 Å². The van der Waals surface area contributed by atoms with Crippen LogP contribution in [-0.4, -0.2) is 20.2 Å². The average Bonchev–Trinajstić information content (AvgIpc) is 2.26. The number of ether oxygens (including phenoxy) is 2. The van der Waals surface area contributed by atoms with E-state index in [-0.39, 0.29) is 11.1 Å². The van der Waals surface area contributed by atoms with E-state index in [4.69, 9.17) is 10.00 Å². The molecular formula is C10H8INO3. The van der Waals surface area contributed by atoms with Gasteiger partial charge in [0.05, 0.1) is 19.8 Å². The van der Waals surface area contributed by atoms with Gasteiger partial charge in [-0.05, 0) is 34.7 Å². The van der Waals surface area contributed by atoms with Crippen molar-refractivity contribution in [2.75, 3.05) is 14.2 Å². The molecule has 0 aliphatic carbocycles. The van der Waals surface area contributed by atoms with Crippen LogP contribution in [0.25, 0.3) is 0 Å². The molecule has 0 atom stereocenters. The van der Waals surface area contributed by atoms with Crippen LogP contribution >= 0.6 is 22.6 Å². The lowest BCUT2D eigenvalue weighted by Crippen LogP contribution is -2.06. The van der Waals surface area contributed by atoms with Crippen LogP contribution in [0, 0.1) is 14.9 Å². The van der Waals surface area contributed by atoms with Crippen LogP contribution in [0.15, 0.2) is 12.1 Å². The predicted octanol–water partition coefficient (Wildman–Crippen LogP) is 1.96. The highest BCUT2D eigenvalue weighted by molar-refractivity contribution is 14.1. The molecule has 5 heteroatoms. The van der Waals surface area contributed by atoms with Gasteiger partial charge in [-0.1, -0.05) is 0 Å². The van der Waals surface area contributed by atoms with Crippen molar-refractivity contribution in [2.45, 2.75) is 0 Å². The topological polar surface area (TPSA) is 59.3 Å². The number of rotatable bonds is 2. The monoisotopic (exact) mass is 317 g/mol. The van der Waals surface area contributed by atoms with Crippen molar-refractivity contribution in [3.8, 4) is 11.8 Å². The lowest BCUT2D eigenvalue weighted by atomic mass is 10.1. The van der Waals surface area contributed by atoms with Gasteiger partial charge in [0.2, 0.25) is 0 Å². The van der Waals surface area contributed by atoms with Crippen molar-refractivity contribution in [1.82, 2.24) is 0 Å². The zero-order chi connectivity index (χ0) is 11.4. The summed E-state index contributed by atoms with van der Waals surface area (Å²) in [6.07, 6.45) is 0. The fourth-order valence-electron chi connectivity index (χ4n) is 1.13. The molecular weight excluding hydrogens is 309 g/mol. The summed E-state index contributed by atoms with van der Waals surface area (Å²) in [6, 6.07) is 5.21. The van der Waals surface area contributed by atoms with Gasteiger partial charge < -0.3 is 9.47 Å². The highest BCUT2D eigenvalue weighted by atomic mass is 127. The lowest BCUT2D eigenvalue weighted by molar-refractivity contribution is 0.0600. The Labute approximate surface area is 101 Å². The number of carbonyl (C=O) groups is 1. The van der Waals surface area contributed by atoms with E-state index in [9.17, 15) is 4.79 Å². The highest BCUT2D eigenvalue weighted by Gasteiger charge is 2.17. The van der Waals surface area contributed by atoms with Crippen molar-refractivity contribution in [2.24, 2.45) is 0 Å². The van der Waals surface area contributed by atoms with E-state index < -0.39 is 5.97 Å². The molecule has 0 saturated carbocycles. The summed E-state index contributed by atoms with van der Waals surface area (Å²) in [4.78, 5) is 11.4. The Kier molecular flexibility index (Phi) is 3.91. The fourth-order valence-corrected chi connectivity index (χ4v) is 1.72. The van der Waals surface area contributed by atoms with E-state index >= 15 is 0 Å². The van der Waals surface area contributed by atoms with E-state index in [0.717, 1.165) is 3.57 Å². The highest BCUT2D eigenvalue weighted by Crippen LogP contribution is 2.25. The molecule has 0 bridgehead atoms. The maximum Gasteiger partial charge on any atom is 0.339 e. The quantitative estimate of drug-likeness (QED) is 0.618. The molecule has 0 heterocycles. The summed E-state index contributed by atoms with van der Waals surface area (Å²) in [7, 11) is 2.73. The molecule has 0 spiro atoms. The lowest BCUT2D eigenvalue weighted by Gasteiger charge is -2.07. The van der Waals surface area contributed by atoms with E-state index in [1.54, 1.807) is 12.1 Å². The molecule has 0 radical (unpaired) electrons. The smallest absolute Gasteiger partial charge is 0.339 e. The molecule has 0 saturated heterocycles. The number of nitrogens with zero attached hydrogens (tertiary/aromatic N) is 1. The van der Waals surface area contributed by atoms with Gasteiger partial charge >= 0.3 is 5.97 Å². The number of carbonyl (C=O) groups excluding carboxylic acids is 1. The van der Waals surface area contributed by atoms with Crippen LogP contribution in [0.4, 0.5) is 0 Å². The molecule has 1 rings (SSSR count). The first-order chi connectivity index (χ1) is 7.13. The summed E-state index contributed by atoms with van der Waals surface area (Å²) < 4.78 is 10.4. The molecule has 0 fully saturated rings. The van der Waals surface area contributed by atoms with E-state index in [0.29, 0.717) is 5.75 Å². The number of hydrogen-bond acceptors (Lipinski definition) is 4. The zero-order valence-corrected chi connectivity index (χ0v) is 10.4. The van der Waals surface area contributed by atoms with Crippen LogP contribution in [-0.2, 0) is 4.74 Å². The van der Waals surface area contributed by atoms with Crippen LogP contribution in [0.1, 0.15) is 15.9 Å². The first-order valence-electron chi connectivity index (χ1n) is 4.00. The third kappa shape index (κ3) is 2.39. The van der Waals surface area contributed by atoms with E-state index in [1.165, 1.54) is 14.2 Å². The summed E-state index contributed by atoms with van der Waals surface area (Å²) in [6.45, 7) is 0. The first-order valence-corrected chi connectivity index (χ1v) is 5.07. The molecule has 0 aromatic heterocycles. The van der Waals surface area contributed by atoms with Crippen LogP contribution in [0.3, 0.4) is 0 Å². The molecule has 0 aliphatic heterocycles. The molecule has 15 heavy (non-hydrogen) atoms. The SMILES string of the molecule is COC(=O)c1cc(I)cc(OC)c1C#N. The van der Waals surface area contributed by atoms with Crippen molar-refractivity contribution in [3.05, 3.63) is 26.8 Å². The van der Waals surface area contributed by atoms with Gasteiger partial charge in [0, 0.05) is 3.57 Å². The summed E-state index contributed by atoms with van der Waals surface area (Å²) >= 11 is 2.04. The summed E-state index contributed by atoms with van der Waals surface area (Å²) in [5, 5.41) is 8.93. The number of halogens is 1.